The Bertz CT molecular complexity index is 644. The van der Waals surface area contributed by atoms with Crippen LogP contribution >= 0.6 is 34.2 Å². The third kappa shape index (κ3) is 3.49. The van der Waals surface area contributed by atoms with Crippen LogP contribution in [-0.2, 0) is 6.18 Å². The smallest absolute Gasteiger partial charge is 0.399 e. The van der Waals surface area contributed by atoms with Crippen molar-refractivity contribution in [1.82, 2.24) is 0 Å². The largest absolute Gasteiger partial charge is 0.418 e. The van der Waals surface area contributed by atoms with Crippen LogP contribution in [0.25, 0.3) is 0 Å². The summed E-state index contributed by atoms with van der Waals surface area (Å²) < 4.78 is 39.8. The molecule has 106 valence electrons. The molecule has 0 bridgehead atoms. The number of nitrogen functional groups attached to an aromatic ring is 1. The Morgan fingerprint density at radius 1 is 1.05 bits per heavy atom. The lowest BCUT2D eigenvalue weighted by Gasteiger charge is -2.16. The Labute approximate surface area is 132 Å². The Hall–Kier alpha value is -1.15. The van der Waals surface area contributed by atoms with Gasteiger partial charge in [0.1, 0.15) is 0 Å². The van der Waals surface area contributed by atoms with Crippen LogP contribution in [0.15, 0.2) is 36.4 Å². The van der Waals surface area contributed by atoms with E-state index < -0.39 is 11.7 Å². The molecule has 2 aromatic carbocycles. The molecule has 0 aliphatic rings. The maximum atomic E-state index is 13.0. The number of hydrogen-bond donors (Lipinski definition) is 2. The molecular weight excluding hydrogens is 404 g/mol. The first-order valence-corrected chi connectivity index (χ1v) is 6.92. The summed E-state index contributed by atoms with van der Waals surface area (Å²) in [5, 5.41) is 3.04. The topological polar surface area (TPSA) is 38.0 Å². The number of alkyl halides is 3. The fourth-order valence-corrected chi connectivity index (χ4v) is 2.54. The van der Waals surface area contributed by atoms with Crippen molar-refractivity contribution in [1.29, 1.82) is 0 Å². The maximum Gasteiger partial charge on any atom is 0.418 e. The zero-order chi connectivity index (χ0) is 14.9. The van der Waals surface area contributed by atoms with Crippen LogP contribution in [0.3, 0.4) is 0 Å². The molecule has 7 heteroatoms. The molecular formula is C13H9ClF3IN2. The lowest BCUT2D eigenvalue weighted by atomic mass is 10.1. The number of anilines is 3. The average molecular weight is 413 g/mol. The molecule has 3 N–H and O–H groups in total. The van der Waals surface area contributed by atoms with Crippen molar-refractivity contribution in [2.45, 2.75) is 6.18 Å². The van der Waals surface area contributed by atoms with Gasteiger partial charge in [0.15, 0.2) is 0 Å². The second-order valence-corrected chi connectivity index (χ2v) is 5.70. The van der Waals surface area contributed by atoms with E-state index in [1.807, 2.05) is 0 Å². The van der Waals surface area contributed by atoms with Gasteiger partial charge in [0, 0.05) is 9.26 Å². The fourth-order valence-electron chi connectivity index (χ4n) is 1.64. The maximum absolute atomic E-state index is 13.0. The van der Waals surface area contributed by atoms with E-state index in [1.54, 1.807) is 18.2 Å². The van der Waals surface area contributed by atoms with Crippen LogP contribution in [0.5, 0.6) is 0 Å². The van der Waals surface area contributed by atoms with Gasteiger partial charge in [0.05, 0.1) is 22.0 Å². The molecule has 20 heavy (non-hydrogen) atoms. The van der Waals surface area contributed by atoms with Gasteiger partial charge < -0.3 is 11.1 Å². The zero-order valence-electron chi connectivity index (χ0n) is 9.93. The van der Waals surface area contributed by atoms with Crippen molar-refractivity contribution in [2.75, 3.05) is 11.1 Å². The van der Waals surface area contributed by atoms with Gasteiger partial charge in [-0.1, -0.05) is 11.6 Å². The summed E-state index contributed by atoms with van der Waals surface area (Å²) in [5.74, 6) is 0. The summed E-state index contributed by atoms with van der Waals surface area (Å²) in [6.07, 6.45) is -4.49. The van der Waals surface area contributed by atoms with Gasteiger partial charge in [-0.25, -0.2) is 0 Å². The highest BCUT2D eigenvalue weighted by atomic mass is 127. The molecule has 0 saturated carbocycles. The summed E-state index contributed by atoms with van der Waals surface area (Å²) in [6, 6.07) is 8.61. The third-order valence-corrected chi connectivity index (χ3v) is 3.53. The highest BCUT2D eigenvalue weighted by molar-refractivity contribution is 14.1. The summed E-state index contributed by atoms with van der Waals surface area (Å²) in [6.45, 7) is 0. The second kappa shape index (κ2) is 5.69. The Balaban J connectivity index is 2.43. The first-order valence-electron chi connectivity index (χ1n) is 5.46. The van der Waals surface area contributed by atoms with Crippen molar-refractivity contribution in [3.63, 3.8) is 0 Å². The standard InChI is InChI=1S/C13H9ClF3IN2/c14-10-5-7(18)1-3-12(10)20-11-4-2-8(19)6-9(11)13(15,16)17/h1-6,20H,19H2. The van der Waals surface area contributed by atoms with E-state index in [1.165, 1.54) is 12.1 Å². The van der Waals surface area contributed by atoms with Crippen LogP contribution in [0.1, 0.15) is 5.56 Å². The summed E-state index contributed by atoms with van der Waals surface area (Å²) >= 11 is 8.07. The Morgan fingerprint density at radius 2 is 1.70 bits per heavy atom. The summed E-state index contributed by atoms with van der Waals surface area (Å²) in [7, 11) is 0. The first-order chi connectivity index (χ1) is 9.27. The number of hydrogen-bond acceptors (Lipinski definition) is 2. The number of nitrogens with one attached hydrogen (secondary N) is 1. The van der Waals surface area contributed by atoms with Gasteiger partial charge in [-0.3, -0.25) is 0 Å². The summed E-state index contributed by atoms with van der Waals surface area (Å²) in [5.41, 5.74) is 4.95. The number of halogens is 5. The molecule has 0 fully saturated rings. The molecule has 0 spiro atoms. The third-order valence-electron chi connectivity index (χ3n) is 2.55. The molecule has 0 aliphatic carbocycles. The van der Waals surface area contributed by atoms with Gasteiger partial charge in [-0.05, 0) is 59.0 Å². The fraction of sp³-hybridized carbons (Fsp3) is 0.0769. The minimum atomic E-state index is -4.49. The van der Waals surface area contributed by atoms with Crippen LogP contribution in [0.4, 0.5) is 30.2 Å². The number of nitrogens with two attached hydrogens (primary N) is 1. The molecule has 0 atom stereocenters. The van der Waals surface area contributed by atoms with Crippen molar-refractivity contribution in [3.8, 4) is 0 Å². The highest BCUT2D eigenvalue weighted by Gasteiger charge is 2.33. The number of rotatable bonds is 2. The van der Waals surface area contributed by atoms with Crippen LogP contribution < -0.4 is 11.1 Å². The predicted octanol–water partition coefficient (Wildman–Crippen LogP) is 5.29. The van der Waals surface area contributed by atoms with Crippen molar-refractivity contribution >= 4 is 51.3 Å². The molecule has 2 nitrogen and oxygen atoms in total. The lowest BCUT2D eigenvalue weighted by Crippen LogP contribution is -2.09. The highest BCUT2D eigenvalue weighted by Crippen LogP contribution is 2.38. The van der Waals surface area contributed by atoms with E-state index in [9.17, 15) is 13.2 Å². The van der Waals surface area contributed by atoms with Crippen molar-refractivity contribution in [2.24, 2.45) is 0 Å². The minimum absolute atomic E-state index is 0.0524. The van der Waals surface area contributed by atoms with Gasteiger partial charge in [0.2, 0.25) is 0 Å². The molecule has 0 radical (unpaired) electrons. The van der Waals surface area contributed by atoms with E-state index in [0.717, 1.165) is 9.64 Å². The Morgan fingerprint density at radius 3 is 2.30 bits per heavy atom. The Kier molecular flexibility index (Phi) is 4.33. The van der Waals surface area contributed by atoms with Gasteiger partial charge in [-0.2, -0.15) is 13.2 Å². The van der Waals surface area contributed by atoms with Gasteiger partial charge >= 0.3 is 6.18 Å². The average Bonchev–Trinajstić information content (AvgIpc) is 2.33. The van der Waals surface area contributed by atoms with E-state index in [2.05, 4.69) is 27.9 Å². The molecule has 2 aromatic rings. The second-order valence-electron chi connectivity index (χ2n) is 4.05. The molecule has 0 amide bonds. The van der Waals surface area contributed by atoms with Crippen molar-refractivity contribution < 1.29 is 13.2 Å². The molecule has 0 aromatic heterocycles. The van der Waals surface area contributed by atoms with Crippen LogP contribution in [-0.4, -0.2) is 0 Å². The van der Waals surface area contributed by atoms with E-state index in [0.29, 0.717) is 10.7 Å². The van der Waals surface area contributed by atoms with Crippen LogP contribution in [0, 0.1) is 3.57 Å². The quantitative estimate of drug-likeness (QED) is 0.520. The van der Waals surface area contributed by atoms with E-state index >= 15 is 0 Å². The minimum Gasteiger partial charge on any atom is -0.399 e. The van der Waals surface area contributed by atoms with Crippen LogP contribution in [0.2, 0.25) is 5.02 Å². The van der Waals surface area contributed by atoms with E-state index in [-0.39, 0.29) is 11.4 Å². The molecule has 0 heterocycles. The number of benzene rings is 2. The summed E-state index contributed by atoms with van der Waals surface area (Å²) in [4.78, 5) is 0. The van der Waals surface area contributed by atoms with Gasteiger partial charge in [-0.15, -0.1) is 0 Å². The lowest BCUT2D eigenvalue weighted by molar-refractivity contribution is -0.136. The SMILES string of the molecule is Nc1ccc(Nc2ccc(I)cc2Cl)c(C(F)(F)F)c1. The molecule has 0 unspecified atom stereocenters. The van der Waals surface area contributed by atoms with Gasteiger partial charge in [0.25, 0.3) is 0 Å². The molecule has 2 rings (SSSR count). The normalized spacial score (nSPS) is 11.4. The molecule has 0 saturated heterocycles. The zero-order valence-corrected chi connectivity index (χ0v) is 12.8. The molecule has 0 aliphatic heterocycles. The first kappa shape index (κ1) is 15.2. The monoisotopic (exact) mass is 412 g/mol. The predicted molar refractivity (Wildman–Crippen MR) is 83.3 cm³/mol. The van der Waals surface area contributed by atoms with Crippen molar-refractivity contribution in [3.05, 3.63) is 50.6 Å². The van der Waals surface area contributed by atoms with E-state index in [4.69, 9.17) is 17.3 Å².